The Morgan fingerprint density at radius 1 is 1.10 bits per heavy atom. The number of nitrogens with zero attached hydrogens (tertiary/aromatic N) is 1. The molecular formula is C17H29NO2. The third-order valence-electron chi connectivity index (χ3n) is 5.03. The Balaban J connectivity index is 1.79. The van der Waals surface area contributed by atoms with Crippen LogP contribution in [-0.4, -0.2) is 19.5 Å². The average Bonchev–Trinajstić information content (AvgIpc) is 2.50. The molecule has 0 amide bonds. The third-order valence-corrected chi connectivity index (χ3v) is 5.03. The highest BCUT2D eigenvalue weighted by atomic mass is 16.7. The molecule has 0 radical (unpaired) electrons. The summed E-state index contributed by atoms with van der Waals surface area (Å²) in [5.41, 5.74) is -0.0648. The van der Waals surface area contributed by atoms with E-state index in [4.69, 9.17) is 9.47 Å². The Bertz CT molecular complexity index is 320. The minimum absolute atomic E-state index is 0.0126. The summed E-state index contributed by atoms with van der Waals surface area (Å²) in [6.07, 6.45) is 8.73. The van der Waals surface area contributed by atoms with Crippen LogP contribution in [0, 0.1) is 28.6 Å². The maximum Gasteiger partial charge on any atom is 0.160 e. The Morgan fingerprint density at radius 2 is 1.75 bits per heavy atom. The van der Waals surface area contributed by atoms with Gasteiger partial charge in [-0.25, -0.2) is 0 Å². The molecule has 0 bridgehead atoms. The maximum atomic E-state index is 9.45. The summed E-state index contributed by atoms with van der Waals surface area (Å²) in [6, 6.07) is 2.58. The molecule has 2 aliphatic rings. The predicted molar refractivity (Wildman–Crippen MR) is 79.0 cm³/mol. The van der Waals surface area contributed by atoms with Gasteiger partial charge in [0.05, 0.1) is 24.7 Å². The second-order valence-electron chi connectivity index (χ2n) is 6.67. The molecule has 3 nitrogen and oxygen atoms in total. The minimum Gasteiger partial charge on any atom is -0.352 e. The minimum atomic E-state index is -0.0648. The fourth-order valence-electron chi connectivity index (χ4n) is 3.77. The maximum absolute atomic E-state index is 9.45. The average molecular weight is 279 g/mol. The quantitative estimate of drug-likeness (QED) is 0.754. The topological polar surface area (TPSA) is 42.2 Å². The van der Waals surface area contributed by atoms with Gasteiger partial charge in [0.15, 0.2) is 6.29 Å². The van der Waals surface area contributed by atoms with Crippen molar-refractivity contribution in [2.24, 2.45) is 17.3 Å². The van der Waals surface area contributed by atoms with E-state index in [0.29, 0.717) is 11.8 Å². The normalized spacial score (nSPS) is 38.4. The molecule has 2 fully saturated rings. The van der Waals surface area contributed by atoms with Crippen LogP contribution in [0.3, 0.4) is 0 Å². The molecule has 0 spiro atoms. The number of hydrogen-bond acceptors (Lipinski definition) is 3. The van der Waals surface area contributed by atoms with Crippen LogP contribution in [0.15, 0.2) is 0 Å². The number of nitriles is 1. The molecule has 0 atom stereocenters. The highest BCUT2D eigenvalue weighted by Crippen LogP contribution is 2.43. The molecular weight excluding hydrogens is 250 g/mol. The zero-order valence-corrected chi connectivity index (χ0v) is 13.1. The van der Waals surface area contributed by atoms with Crippen LogP contribution in [-0.2, 0) is 9.47 Å². The molecule has 0 unspecified atom stereocenters. The van der Waals surface area contributed by atoms with Gasteiger partial charge < -0.3 is 9.47 Å². The molecule has 2 rings (SSSR count). The molecule has 0 aromatic rings. The summed E-state index contributed by atoms with van der Waals surface area (Å²) in [5, 5.41) is 9.45. The van der Waals surface area contributed by atoms with Gasteiger partial charge in [-0.3, -0.25) is 0 Å². The molecule has 0 aromatic carbocycles. The van der Waals surface area contributed by atoms with E-state index in [1.165, 1.54) is 12.8 Å². The van der Waals surface area contributed by atoms with Gasteiger partial charge in [0.1, 0.15) is 0 Å². The Hall–Kier alpha value is -0.590. The number of rotatable bonds is 5. The Kier molecular flexibility index (Phi) is 5.86. The van der Waals surface area contributed by atoms with E-state index >= 15 is 0 Å². The number of hydrogen-bond donors (Lipinski definition) is 0. The fraction of sp³-hybridized carbons (Fsp3) is 0.941. The van der Waals surface area contributed by atoms with Crippen molar-refractivity contribution in [3.05, 3.63) is 0 Å². The van der Waals surface area contributed by atoms with Crippen LogP contribution in [0.5, 0.6) is 0 Å². The smallest absolute Gasteiger partial charge is 0.160 e. The fourth-order valence-corrected chi connectivity index (χ4v) is 3.77. The number of ether oxygens (including phenoxy) is 2. The molecule has 1 saturated carbocycles. The Morgan fingerprint density at radius 3 is 2.25 bits per heavy atom. The first-order valence-electron chi connectivity index (χ1n) is 8.37. The van der Waals surface area contributed by atoms with Gasteiger partial charge in [-0.15, -0.1) is 0 Å². The molecule has 1 heterocycles. The largest absolute Gasteiger partial charge is 0.352 e. The van der Waals surface area contributed by atoms with Crippen molar-refractivity contribution in [1.29, 1.82) is 5.26 Å². The van der Waals surface area contributed by atoms with E-state index in [1.54, 1.807) is 0 Å². The Labute approximate surface area is 123 Å². The van der Waals surface area contributed by atoms with Crippen molar-refractivity contribution in [3.63, 3.8) is 0 Å². The van der Waals surface area contributed by atoms with Gasteiger partial charge >= 0.3 is 0 Å². The molecule has 114 valence electrons. The van der Waals surface area contributed by atoms with Crippen LogP contribution in [0.1, 0.15) is 65.2 Å². The highest BCUT2D eigenvalue weighted by molar-refractivity contribution is 5.01. The first-order valence-corrected chi connectivity index (χ1v) is 8.37. The van der Waals surface area contributed by atoms with E-state index in [9.17, 15) is 5.26 Å². The van der Waals surface area contributed by atoms with Gasteiger partial charge in [-0.05, 0) is 38.5 Å². The van der Waals surface area contributed by atoms with E-state index in [-0.39, 0.29) is 11.7 Å². The standard InChI is InChI=1S/C17H29NO2/c1-3-5-14-11-19-16(20-12-14)15-6-9-17(13-18,8-4-2)10-7-15/h14-16H,3-12H2,1-2H3/t14?,15-,16?,17+. The van der Waals surface area contributed by atoms with Crippen molar-refractivity contribution in [3.8, 4) is 6.07 Å². The van der Waals surface area contributed by atoms with Crippen molar-refractivity contribution >= 4 is 0 Å². The monoisotopic (exact) mass is 279 g/mol. The molecule has 0 N–H and O–H groups in total. The van der Waals surface area contributed by atoms with E-state index in [0.717, 1.165) is 51.7 Å². The van der Waals surface area contributed by atoms with Crippen LogP contribution in [0.4, 0.5) is 0 Å². The van der Waals surface area contributed by atoms with E-state index in [1.807, 2.05) is 0 Å². The highest BCUT2D eigenvalue weighted by Gasteiger charge is 2.39. The lowest BCUT2D eigenvalue weighted by Gasteiger charge is -2.40. The molecule has 1 aliphatic heterocycles. The lowest BCUT2D eigenvalue weighted by Crippen LogP contribution is -2.40. The van der Waals surface area contributed by atoms with Crippen LogP contribution in [0.2, 0.25) is 0 Å². The summed E-state index contributed by atoms with van der Waals surface area (Å²) in [4.78, 5) is 0. The van der Waals surface area contributed by atoms with Crippen molar-refractivity contribution in [2.75, 3.05) is 13.2 Å². The molecule has 1 saturated heterocycles. The van der Waals surface area contributed by atoms with Crippen molar-refractivity contribution in [1.82, 2.24) is 0 Å². The third kappa shape index (κ3) is 3.74. The second kappa shape index (κ2) is 7.43. The summed E-state index contributed by atoms with van der Waals surface area (Å²) >= 11 is 0. The lowest BCUT2D eigenvalue weighted by molar-refractivity contribution is -0.231. The predicted octanol–water partition coefficient (Wildman–Crippen LogP) is 4.28. The summed E-state index contributed by atoms with van der Waals surface area (Å²) in [5.74, 6) is 1.08. The zero-order chi connectivity index (χ0) is 14.4. The summed E-state index contributed by atoms with van der Waals surface area (Å²) in [6.45, 7) is 6.09. The first-order chi connectivity index (χ1) is 9.73. The molecule has 3 heteroatoms. The molecule has 20 heavy (non-hydrogen) atoms. The van der Waals surface area contributed by atoms with Crippen molar-refractivity contribution < 1.29 is 9.47 Å². The van der Waals surface area contributed by atoms with Gasteiger partial charge in [-0.2, -0.15) is 5.26 Å². The van der Waals surface area contributed by atoms with Gasteiger partial charge in [0, 0.05) is 11.8 Å². The SMILES string of the molecule is CCCC1COC([C@H]2CC[C@](C#N)(CCC)CC2)OC1. The molecule has 1 aliphatic carbocycles. The second-order valence-corrected chi connectivity index (χ2v) is 6.67. The zero-order valence-electron chi connectivity index (χ0n) is 13.1. The molecule has 0 aromatic heterocycles. The summed E-state index contributed by atoms with van der Waals surface area (Å²) < 4.78 is 11.9. The van der Waals surface area contributed by atoms with Crippen LogP contribution < -0.4 is 0 Å². The lowest BCUT2D eigenvalue weighted by atomic mass is 9.69. The van der Waals surface area contributed by atoms with Gasteiger partial charge in [-0.1, -0.05) is 26.7 Å². The van der Waals surface area contributed by atoms with Crippen LogP contribution >= 0.6 is 0 Å². The van der Waals surface area contributed by atoms with E-state index < -0.39 is 0 Å². The van der Waals surface area contributed by atoms with E-state index in [2.05, 4.69) is 19.9 Å². The van der Waals surface area contributed by atoms with Crippen molar-refractivity contribution in [2.45, 2.75) is 71.5 Å². The first kappa shape index (κ1) is 15.8. The van der Waals surface area contributed by atoms with Crippen LogP contribution in [0.25, 0.3) is 0 Å². The van der Waals surface area contributed by atoms with Gasteiger partial charge in [0.25, 0.3) is 0 Å². The van der Waals surface area contributed by atoms with Gasteiger partial charge in [0.2, 0.25) is 0 Å². The summed E-state index contributed by atoms with van der Waals surface area (Å²) in [7, 11) is 0.